The van der Waals surface area contributed by atoms with Crippen LogP contribution in [0.1, 0.15) is 9.68 Å². The molecule has 1 rings (SSSR count). The van der Waals surface area contributed by atoms with Gasteiger partial charge in [-0.25, -0.2) is 0 Å². The number of nitrogens with zero attached hydrogens (tertiary/aromatic N) is 1. The summed E-state index contributed by atoms with van der Waals surface area (Å²) in [6.07, 6.45) is 2.39. The highest BCUT2D eigenvalue weighted by atomic mass is 16.4. The fourth-order valence-corrected chi connectivity index (χ4v) is 0.599. The van der Waals surface area contributed by atoms with E-state index in [4.69, 9.17) is 14.2 Å². The Balaban J connectivity index is 3.06. The molecule has 0 aromatic carbocycles. The highest BCUT2D eigenvalue weighted by Crippen LogP contribution is 1.88. The molecule has 0 aliphatic heterocycles. The number of rotatable bonds is 1. The van der Waals surface area contributed by atoms with Crippen molar-refractivity contribution < 1.29 is 14.2 Å². The lowest BCUT2D eigenvalue weighted by Gasteiger charge is -1.97. The Bertz CT molecular complexity index is 302. The van der Waals surface area contributed by atoms with E-state index in [1.165, 1.54) is 18.5 Å². The van der Waals surface area contributed by atoms with E-state index in [2.05, 4.69) is 4.98 Å². The molecule has 0 radical (unpaired) electrons. The number of aryl methyl sites for hydroxylation is 1. The lowest BCUT2D eigenvalue weighted by atomic mass is 9.81. The van der Waals surface area contributed by atoms with E-state index in [9.17, 15) is 0 Å². The molecule has 4 heteroatoms. The van der Waals surface area contributed by atoms with Crippen molar-refractivity contribution in [2.45, 2.75) is 6.85 Å². The molecule has 0 saturated heterocycles. The van der Waals surface area contributed by atoms with E-state index in [1.54, 1.807) is 0 Å². The minimum atomic E-state index is -2.27. The highest BCUT2D eigenvalue weighted by molar-refractivity contribution is 6.58. The molecular weight excluding hydrogens is 129 g/mol. The zero-order valence-electron chi connectivity index (χ0n) is 8.15. The minimum Gasteiger partial charge on any atom is -0.423 e. The van der Waals surface area contributed by atoms with Gasteiger partial charge in [0.1, 0.15) is 0 Å². The van der Waals surface area contributed by atoms with Crippen LogP contribution >= 0.6 is 0 Å². The van der Waals surface area contributed by atoms with Crippen LogP contribution in [0.3, 0.4) is 0 Å². The normalized spacial score (nSPS) is 15.2. The van der Waals surface area contributed by atoms with Gasteiger partial charge in [-0.3, -0.25) is 4.98 Å². The Labute approximate surface area is 63.7 Å². The van der Waals surface area contributed by atoms with Crippen LogP contribution in [0.5, 0.6) is 0 Å². The van der Waals surface area contributed by atoms with Crippen molar-refractivity contribution in [3.05, 3.63) is 24.0 Å². The number of hydrogen-bond donors (Lipinski definition) is 2. The van der Waals surface area contributed by atoms with Crippen LogP contribution in [0.25, 0.3) is 0 Å². The van der Waals surface area contributed by atoms with Crippen LogP contribution < -0.4 is 5.46 Å². The summed E-state index contributed by atoms with van der Waals surface area (Å²) in [6, 6.07) is 1.20. The van der Waals surface area contributed by atoms with Gasteiger partial charge in [-0.1, -0.05) is 6.07 Å². The van der Waals surface area contributed by atoms with E-state index < -0.39 is 14.0 Å². The maximum atomic E-state index is 8.75. The molecule has 0 bridgehead atoms. The third-order valence-corrected chi connectivity index (χ3v) is 1.06. The molecule has 0 atom stereocenters. The average molecular weight is 140 g/mol. The monoisotopic (exact) mass is 140 g/mol. The Kier molecular flexibility index (Phi) is 1.15. The van der Waals surface area contributed by atoms with Crippen molar-refractivity contribution in [2.75, 3.05) is 0 Å². The average Bonchev–Trinajstić information content (AvgIpc) is 2.03. The lowest BCUT2D eigenvalue weighted by Crippen LogP contribution is -2.30. The maximum absolute atomic E-state index is 8.75. The zero-order valence-corrected chi connectivity index (χ0v) is 5.15. The second kappa shape index (κ2) is 2.81. The van der Waals surface area contributed by atoms with Crippen LogP contribution in [0.15, 0.2) is 18.5 Å². The van der Waals surface area contributed by atoms with Crippen molar-refractivity contribution in [1.29, 1.82) is 0 Å². The Morgan fingerprint density at radius 1 is 1.60 bits per heavy atom. The van der Waals surface area contributed by atoms with Crippen LogP contribution in [0, 0.1) is 6.85 Å². The molecule has 0 unspecified atom stereocenters. The Hall–Kier alpha value is -0.865. The second-order valence-electron chi connectivity index (χ2n) is 1.88. The molecule has 0 saturated carbocycles. The van der Waals surface area contributed by atoms with Gasteiger partial charge >= 0.3 is 7.12 Å². The fraction of sp³-hybridized carbons (Fsp3) is 0.167. The number of aromatic nitrogens is 1. The van der Waals surface area contributed by atoms with Gasteiger partial charge in [-0.15, -0.1) is 0 Å². The summed E-state index contributed by atoms with van der Waals surface area (Å²) < 4.78 is 21.1. The summed E-state index contributed by atoms with van der Waals surface area (Å²) in [5.41, 5.74) is 0.0757. The van der Waals surface area contributed by atoms with Crippen molar-refractivity contribution in [2.24, 2.45) is 0 Å². The molecule has 3 nitrogen and oxygen atoms in total. The molecule has 0 amide bonds. The summed E-state index contributed by atoms with van der Waals surface area (Å²) in [4.78, 5) is 3.59. The summed E-state index contributed by atoms with van der Waals surface area (Å²) in [7, 11) is -1.69. The molecular formula is C6H8BNO2. The summed E-state index contributed by atoms with van der Waals surface area (Å²) >= 11 is 0. The van der Waals surface area contributed by atoms with E-state index in [1.807, 2.05) is 0 Å². The predicted molar refractivity (Wildman–Crippen MR) is 38.8 cm³/mol. The van der Waals surface area contributed by atoms with Gasteiger partial charge in [-0.2, -0.15) is 0 Å². The first-order chi connectivity index (χ1) is 5.91. The zero-order chi connectivity index (χ0) is 10.1. The van der Waals surface area contributed by atoms with Gasteiger partial charge < -0.3 is 10.0 Å². The minimum absolute atomic E-state index is 0.00176. The number of pyridine rings is 1. The van der Waals surface area contributed by atoms with Gasteiger partial charge in [0.15, 0.2) is 0 Å². The summed E-state index contributed by atoms with van der Waals surface area (Å²) in [6.45, 7) is -2.27. The first-order valence-electron chi connectivity index (χ1n) is 4.23. The van der Waals surface area contributed by atoms with Crippen molar-refractivity contribution in [1.82, 2.24) is 4.98 Å². The third kappa shape index (κ3) is 1.56. The van der Waals surface area contributed by atoms with Gasteiger partial charge in [-0.05, 0) is 12.4 Å². The third-order valence-electron chi connectivity index (χ3n) is 1.06. The predicted octanol–water partition coefficient (Wildman–Crippen LogP) is -0.930. The van der Waals surface area contributed by atoms with Crippen LogP contribution in [-0.4, -0.2) is 22.2 Å². The topological polar surface area (TPSA) is 53.4 Å². The van der Waals surface area contributed by atoms with Crippen LogP contribution in [-0.2, 0) is 0 Å². The molecule has 0 spiro atoms. The van der Waals surface area contributed by atoms with E-state index in [-0.39, 0.29) is 11.0 Å². The largest absolute Gasteiger partial charge is 0.490 e. The van der Waals surface area contributed by atoms with Gasteiger partial charge in [0.2, 0.25) is 0 Å². The van der Waals surface area contributed by atoms with Crippen molar-refractivity contribution >= 4 is 12.6 Å². The van der Waals surface area contributed by atoms with Crippen molar-refractivity contribution in [3.8, 4) is 0 Å². The molecule has 2 N–H and O–H groups in total. The molecule has 0 fully saturated rings. The van der Waals surface area contributed by atoms with Crippen molar-refractivity contribution in [3.63, 3.8) is 0 Å². The first kappa shape index (κ1) is 4.11. The van der Waals surface area contributed by atoms with E-state index in [0.717, 1.165) is 0 Å². The van der Waals surface area contributed by atoms with Gasteiger partial charge in [0.05, 0.1) is 0 Å². The molecule has 1 aromatic rings. The van der Waals surface area contributed by atoms with Gasteiger partial charge in [0, 0.05) is 22.0 Å². The first-order valence-corrected chi connectivity index (χ1v) is 2.73. The smallest absolute Gasteiger partial charge is 0.423 e. The maximum Gasteiger partial charge on any atom is 0.490 e. The van der Waals surface area contributed by atoms with Crippen LogP contribution in [0.4, 0.5) is 0 Å². The Morgan fingerprint density at radius 3 is 3.00 bits per heavy atom. The quantitative estimate of drug-likeness (QED) is 0.495. The molecule has 10 heavy (non-hydrogen) atoms. The van der Waals surface area contributed by atoms with E-state index in [0.29, 0.717) is 0 Å². The standard InChI is InChI=1S/C6H8BNO2/c1-5-2-6(7(9)10)4-8-3-5/h2-4,9-10H,1H3/i1D3. The highest BCUT2D eigenvalue weighted by Gasteiger charge is 2.09. The molecule has 0 aliphatic carbocycles. The molecule has 52 valence electrons. The lowest BCUT2D eigenvalue weighted by molar-refractivity contribution is 0.425. The second-order valence-corrected chi connectivity index (χ2v) is 1.88. The molecule has 0 aliphatic rings. The van der Waals surface area contributed by atoms with E-state index >= 15 is 0 Å². The fourth-order valence-electron chi connectivity index (χ4n) is 0.599. The summed E-state index contributed by atoms with van der Waals surface area (Å²) in [5, 5.41) is 17.5. The number of hydrogen-bond acceptors (Lipinski definition) is 3. The Morgan fingerprint density at radius 2 is 2.40 bits per heavy atom. The SMILES string of the molecule is [2H]C([2H])([2H])c1cncc(B(O)O)c1. The molecule has 1 aromatic heterocycles. The summed E-state index contributed by atoms with van der Waals surface area (Å²) in [5.74, 6) is 0. The van der Waals surface area contributed by atoms with Gasteiger partial charge in [0.25, 0.3) is 0 Å². The molecule has 1 heterocycles. The van der Waals surface area contributed by atoms with Crippen LogP contribution in [0.2, 0.25) is 0 Å².